The molecule has 2 N–H and O–H groups in total. The maximum absolute atomic E-state index is 13.1. The highest BCUT2D eigenvalue weighted by atomic mass is 19.4. The van der Waals surface area contributed by atoms with Gasteiger partial charge in [-0.15, -0.1) is 0 Å². The standard InChI is InChI=1S/C15H27F3N2/c1-13(2)6-4-8-20(11-13)14(10-19)7-3-5-12(9-14)15(16,17)18/h12H,3-11,19H2,1-2H3. The lowest BCUT2D eigenvalue weighted by molar-refractivity contribution is -0.195. The zero-order valence-corrected chi connectivity index (χ0v) is 12.6. The summed E-state index contributed by atoms with van der Waals surface area (Å²) in [5, 5.41) is 0. The van der Waals surface area contributed by atoms with Crippen molar-refractivity contribution in [2.45, 2.75) is 64.1 Å². The largest absolute Gasteiger partial charge is 0.391 e. The fraction of sp³-hybridized carbons (Fsp3) is 1.00. The molecule has 0 spiro atoms. The van der Waals surface area contributed by atoms with Crippen LogP contribution < -0.4 is 5.73 Å². The fourth-order valence-electron chi connectivity index (χ4n) is 4.05. The Hall–Kier alpha value is -0.290. The van der Waals surface area contributed by atoms with E-state index in [1.165, 1.54) is 0 Å². The predicted octanol–water partition coefficient (Wildman–Crippen LogP) is 3.56. The second-order valence-corrected chi connectivity index (χ2v) is 7.45. The summed E-state index contributed by atoms with van der Waals surface area (Å²) < 4.78 is 39.2. The van der Waals surface area contributed by atoms with Crippen LogP contribution in [0.3, 0.4) is 0 Å². The summed E-state index contributed by atoms with van der Waals surface area (Å²) in [6, 6.07) is 0. The SMILES string of the molecule is CC1(C)CCCN(C2(CN)CCCC(C(F)(F)F)C2)C1. The number of alkyl halides is 3. The maximum atomic E-state index is 13.1. The highest BCUT2D eigenvalue weighted by Gasteiger charge is 2.50. The van der Waals surface area contributed by atoms with Gasteiger partial charge in [0.05, 0.1) is 5.92 Å². The monoisotopic (exact) mass is 292 g/mol. The number of piperidine rings is 1. The summed E-state index contributed by atoms with van der Waals surface area (Å²) in [6.07, 6.45) is 0.0282. The molecule has 0 bridgehead atoms. The molecule has 1 saturated carbocycles. The molecule has 1 aliphatic heterocycles. The van der Waals surface area contributed by atoms with Gasteiger partial charge in [0, 0.05) is 18.6 Å². The van der Waals surface area contributed by atoms with E-state index in [1.54, 1.807) is 0 Å². The minimum Gasteiger partial charge on any atom is -0.329 e. The number of hydrogen-bond donors (Lipinski definition) is 1. The van der Waals surface area contributed by atoms with Gasteiger partial charge in [-0.25, -0.2) is 0 Å². The summed E-state index contributed by atoms with van der Waals surface area (Å²) >= 11 is 0. The zero-order chi connectivity index (χ0) is 15.0. The topological polar surface area (TPSA) is 29.3 Å². The van der Waals surface area contributed by atoms with E-state index in [4.69, 9.17) is 5.73 Å². The third-order valence-electron chi connectivity index (χ3n) is 5.24. The average molecular weight is 292 g/mol. The lowest BCUT2D eigenvalue weighted by Gasteiger charge is -2.53. The molecule has 2 unspecified atom stereocenters. The van der Waals surface area contributed by atoms with Gasteiger partial charge in [0.2, 0.25) is 0 Å². The Morgan fingerprint density at radius 1 is 1.20 bits per heavy atom. The zero-order valence-electron chi connectivity index (χ0n) is 12.6. The molecule has 1 saturated heterocycles. The van der Waals surface area contributed by atoms with E-state index in [1.807, 2.05) is 0 Å². The fourth-order valence-corrected chi connectivity index (χ4v) is 4.05. The number of nitrogens with two attached hydrogens (primary N) is 1. The molecule has 2 rings (SSSR count). The van der Waals surface area contributed by atoms with Crippen molar-refractivity contribution in [1.29, 1.82) is 0 Å². The van der Waals surface area contributed by atoms with Gasteiger partial charge in [-0.3, -0.25) is 4.90 Å². The molecule has 5 heteroatoms. The summed E-state index contributed by atoms with van der Waals surface area (Å²) in [6.45, 7) is 6.51. The molecule has 2 nitrogen and oxygen atoms in total. The lowest BCUT2D eigenvalue weighted by Crippen LogP contribution is -2.61. The molecule has 0 radical (unpaired) electrons. The average Bonchev–Trinajstić information content (AvgIpc) is 2.36. The first-order chi connectivity index (χ1) is 9.19. The van der Waals surface area contributed by atoms with Gasteiger partial charge in [-0.2, -0.15) is 13.2 Å². The molecular formula is C15H27F3N2. The number of hydrogen-bond acceptors (Lipinski definition) is 2. The Kier molecular flexibility index (Phi) is 4.41. The normalized spacial score (nSPS) is 36.0. The van der Waals surface area contributed by atoms with Crippen molar-refractivity contribution in [2.24, 2.45) is 17.1 Å². The van der Waals surface area contributed by atoms with Crippen LogP contribution in [0.2, 0.25) is 0 Å². The highest BCUT2D eigenvalue weighted by molar-refractivity contribution is 5.00. The molecule has 0 aromatic heterocycles. The first kappa shape index (κ1) is 16.1. The molecule has 1 heterocycles. The van der Waals surface area contributed by atoms with E-state index in [9.17, 15) is 13.2 Å². The second kappa shape index (κ2) is 5.48. The molecule has 0 amide bonds. The molecule has 0 aromatic carbocycles. The molecule has 20 heavy (non-hydrogen) atoms. The second-order valence-electron chi connectivity index (χ2n) is 7.45. The van der Waals surface area contributed by atoms with E-state index in [0.29, 0.717) is 13.0 Å². The molecule has 118 valence electrons. The van der Waals surface area contributed by atoms with E-state index in [-0.39, 0.29) is 18.3 Å². The van der Waals surface area contributed by atoms with Gasteiger partial charge in [-0.05, 0) is 44.1 Å². The van der Waals surface area contributed by atoms with Crippen LogP contribution in [0.1, 0.15) is 52.4 Å². The Morgan fingerprint density at radius 3 is 2.45 bits per heavy atom. The molecule has 2 fully saturated rings. The summed E-state index contributed by atoms with van der Waals surface area (Å²) in [4.78, 5) is 2.27. The predicted molar refractivity (Wildman–Crippen MR) is 74.4 cm³/mol. The lowest BCUT2D eigenvalue weighted by atomic mass is 9.72. The number of halogens is 3. The number of likely N-dealkylation sites (tertiary alicyclic amines) is 1. The quantitative estimate of drug-likeness (QED) is 0.843. The van der Waals surface area contributed by atoms with Crippen LogP contribution in [0, 0.1) is 11.3 Å². The minimum atomic E-state index is -4.08. The number of nitrogens with zero attached hydrogens (tertiary/aromatic N) is 1. The van der Waals surface area contributed by atoms with Crippen molar-refractivity contribution in [2.75, 3.05) is 19.6 Å². The summed E-state index contributed by atoms with van der Waals surface area (Å²) in [5.74, 6) is -1.18. The van der Waals surface area contributed by atoms with E-state index in [2.05, 4.69) is 18.7 Å². The molecule has 2 aliphatic rings. The van der Waals surface area contributed by atoms with Gasteiger partial charge in [0.15, 0.2) is 0 Å². The van der Waals surface area contributed by atoms with Crippen molar-refractivity contribution in [1.82, 2.24) is 4.90 Å². The van der Waals surface area contributed by atoms with Crippen molar-refractivity contribution in [3.8, 4) is 0 Å². The van der Waals surface area contributed by atoms with Crippen LogP contribution >= 0.6 is 0 Å². The first-order valence-electron chi connectivity index (χ1n) is 7.70. The summed E-state index contributed by atoms with van der Waals surface area (Å²) in [7, 11) is 0. The molecule has 0 aromatic rings. The van der Waals surface area contributed by atoms with Gasteiger partial charge in [0.1, 0.15) is 0 Å². The smallest absolute Gasteiger partial charge is 0.329 e. The third-order valence-corrected chi connectivity index (χ3v) is 5.24. The minimum absolute atomic E-state index is 0.184. The Balaban J connectivity index is 2.16. The van der Waals surface area contributed by atoms with Gasteiger partial charge >= 0.3 is 6.18 Å². The molecular weight excluding hydrogens is 265 g/mol. The van der Waals surface area contributed by atoms with Gasteiger partial charge < -0.3 is 5.73 Å². The van der Waals surface area contributed by atoms with Crippen LogP contribution in [0.4, 0.5) is 13.2 Å². The Bertz CT molecular complexity index is 337. The molecule has 1 aliphatic carbocycles. The van der Waals surface area contributed by atoms with Crippen LogP contribution in [-0.2, 0) is 0 Å². The van der Waals surface area contributed by atoms with Crippen LogP contribution in [-0.4, -0.2) is 36.2 Å². The van der Waals surface area contributed by atoms with Crippen molar-refractivity contribution in [3.63, 3.8) is 0 Å². The highest BCUT2D eigenvalue weighted by Crippen LogP contribution is 2.45. The Morgan fingerprint density at radius 2 is 1.90 bits per heavy atom. The number of rotatable bonds is 2. The van der Waals surface area contributed by atoms with E-state index < -0.39 is 17.6 Å². The summed E-state index contributed by atoms with van der Waals surface area (Å²) in [5.41, 5.74) is 5.71. The van der Waals surface area contributed by atoms with Crippen LogP contribution in [0.5, 0.6) is 0 Å². The van der Waals surface area contributed by atoms with Crippen LogP contribution in [0.15, 0.2) is 0 Å². The van der Waals surface area contributed by atoms with Crippen molar-refractivity contribution in [3.05, 3.63) is 0 Å². The van der Waals surface area contributed by atoms with Gasteiger partial charge in [0.25, 0.3) is 0 Å². The molecule has 2 atom stereocenters. The van der Waals surface area contributed by atoms with Crippen LogP contribution in [0.25, 0.3) is 0 Å². The maximum Gasteiger partial charge on any atom is 0.391 e. The van der Waals surface area contributed by atoms with Crippen molar-refractivity contribution >= 4 is 0 Å². The first-order valence-corrected chi connectivity index (χ1v) is 7.70. The van der Waals surface area contributed by atoms with Crippen molar-refractivity contribution < 1.29 is 13.2 Å². The van der Waals surface area contributed by atoms with Gasteiger partial charge in [-0.1, -0.05) is 20.3 Å². The third kappa shape index (κ3) is 3.30. The van der Waals surface area contributed by atoms with E-state index >= 15 is 0 Å². The Labute approximate surface area is 119 Å². The van der Waals surface area contributed by atoms with E-state index in [0.717, 1.165) is 32.4 Å².